The van der Waals surface area contributed by atoms with Gasteiger partial charge in [-0.15, -0.1) is 0 Å². The van der Waals surface area contributed by atoms with Crippen LogP contribution in [0.15, 0.2) is 12.3 Å². The fraction of sp³-hybridized carbons (Fsp3) is 0.714. The van der Waals surface area contributed by atoms with E-state index >= 15 is 0 Å². The second-order valence-electron chi connectivity index (χ2n) is 5.62. The van der Waals surface area contributed by atoms with Crippen molar-refractivity contribution >= 4 is 5.91 Å². The zero-order valence-corrected chi connectivity index (χ0v) is 11.8. The highest BCUT2D eigenvalue weighted by Gasteiger charge is 2.33. The van der Waals surface area contributed by atoms with E-state index in [0.717, 1.165) is 32.5 Å². The first-order valence-corrected chi connectivity index (χ1v) is 7.39. The normalized spacial score (nSPS) is 28.6. The van der Waals surface area contributed by atoms with E-state index in [1.54, 1.807) is 6.20 Å². The maximum atomic E-state index is 12.5. The van der Waals surface area contributed by atoms with Crippen molar-refractivity contribution in [3.05, 3.63) is 18.0 Å². The molecule has 6 nitrogen and oxygen atoms in total. The molecule has 0 aliphatic carbocycles. The van der Waals surface area contributed by atoms with E-state index in [9.17, 15) is 4.79 Å². The third-order valence-corrected chi connectivity index (χ3v) is 4.35. The number of aromatic amines is 1. The lowest BCUT2D eigenvalue weighted by Crippen LogP contribution is -2.57. The van der Waals surface area contributed by atoms with Crippen LogP contribution in [0.5, 0.6) is 0 Å². The average molecular weight is 278 g/mol. The number of morpholine rings is 1. The van der Waals surface area contributed by atoms with E-state index in [-0.39, 0.29) is 18.1 Å². The number of rotatable bonds is 2. The van der Waals surface area contributed by atoms with Crippen LogP contribution in [-0.4, -0.2) is 59.4 Å². The number of hydrogen-bond acceptors (Lipinski definition) is 4. The molecule has 0 bridgehead atoms. The highest BCUT2D eigenvalue weighted by Crippen LogP contribution is 2.26. The highest BCUT2D eigenvalue weighted by atomic mass is 16.5. The van der Waals surface area contributed by atoms with Crippen LogP contribution in [0.1, 0.15) is 31.4 Å². The molecule has 1 aromatic rings. The van der Waals surface area contributed by atoms with Crippen LogP contribution in [-0.2, 0) is 9.53 Å². The SMILES string of the molecule is C[C@H]1OCCN[C@@H]1C(=O)N1CCC(c2ccn[nH]2)CC1. The molecule has 0 aromatic carbocycles. The summed E-state index contributed by atoms with van der Waals surface area (Å²) in [5.74, 6) is 0.676. The van der Waals surface area contributed by atoms with Gasteiger partial charge in [0.25, 0.3) is 0 Å². The predicted molar refractivity (Wildman–Crippen MR) is 74.3 cm³/mol. The monoisotopic (exact) mass is 278 g/mol. The molecule has 2 fully saturated rings. The van der Waals surface area contributed by atoms with Gasteiger partial charge in [-0.2, -0.15) is 5.10 Å². The van der Waals surface area contributed by atoms with Gasteiger partial charge >= 0.3 is 0 Å². The molecule has 1 amide bonds. The van der Waals surface area contributed by atoms with Crippen molar-refractivity contribution in [1.29, 1.82) is 0 Å². The van der Waals surface area contributed by atoms with E-state index < -0.39 is 0 Å². The van der Waals surface area contributed by atoms with Gasteiger partial charge in [0.1, 0.15) is 6.04 Å². The molecule has 2 N–H and O–H groups in total. The van der Waals surface area contributed by atoms with Crippen molar-refractivity contribution in [2.75, 3.05) is 26.2 Å². The zero-order valence-electron chi connectivity index (χ0n) is 11.8. The Labute approximate surface area is 118 Å². The summed E-state index contributed by atoms with van der Waals surface area (Å²) in [5.41, 5.74) is 1.18. The minimum atomic E-state index is -0.188. The third-order valence-electron chi connectivity index (χ3n) is 4.35. The van der Waals surface area contributed by atoms with Crippen LogP contribution in [0.2, 0.25) is 0 Å². The molecule has 110 valence electrons. The number of piperidine rings is 1. The second-order valence-corrected chi connectivity index (χ2v) is 5.62. The Morgan fingerprint density at radius 1 is 1.45 bits per heavy atom. The summed E-state index contributed by atoms with van der Waals surface area (Å²) in [6.45, 7) is 5.03. The van der Waals surface area contributed by atoms with Gasteiger partial charge in [0.15, 0.2) is 0 Å². The first-order valence-electron chi connectivity index (χ1n) is 7.39. The number of aromatic nitrogens is 2. The van der Waals surface area contributed by atoms with Gasteiger partial charge < -0.3 is 15.0 Å². The summed E-state index contributed by atoms with van der Waals surface area (Å²) >= 11 is 0. The smallest absolute Gasteiger partial charge is 0.242 e. The number of hydrogen-bond donors (Lipinski definition) is 2. The molecule has 2 aliphatic rings. The Morgan fingerprint density at radius 3 is 2.90 bits per heavy atom. The van der Waals surface area contributed by atoms with Crippen molar-refractivity contribution < 1.29 is 9.53 Å². The Kier molecular flexibility index (Phi) is 4.03. The van der Waals surface area contributed by atoms with Crippen LogP contribution < -0.4 is 5.32 Å². The molecular formula is C14H22N4O2. The average Bonchev–Trinajstić information content (AvgIpc) is 3.01. The Hall–Kier alpha value is -1.40. The van der Waals surface area contributed by atoms with Gasteiger partial charge in [-0.25, -0.2) is 0 Å². The quantitative estimate of drug-likeness (QED) is 0.826. The number of ether oxygens (including phenoxy) is 1. The van der Waals surface area contributed by atoms with Crippen molar-refractivity contribution in [1.82, 2.24) is 20.4 Å². The molecule has 3 rings (SSSR count). The molecule has 0 spiro atoms. The van der Waals surface area contributed by atoms with Gasteiger partial charge in [-0.3, -0.25) is 9.89 Å². The van der Waals surface area contributed by atoms with Gasteiger partial charge in [0.2, 0.25) is 5.91 Å². The molecular weight excluding hydrogens is 256 g/mol. The molecule has 1 aromatic heterocycles. The minimum Gasteiger partial charge on any atom is -0.375 e. The number of carbonyl (C=O) groups excluding carboxylic acids is 1. The Morgan fingerprint density at radius 2 is 2.25 bits per heavy atom. The molecule has 20 heavy (non-hydrogen) atoms. The zero-order chi connectivity index (χ0) is 13.9. The molecule has 0 radical (unpaired) electrons. The maximum Gasteiger partial charge on any atom is 0.242 e. The third kappa shape index (κ3) is 2.71. The lowest BCUT2D eigenvalue weighted by Gasteiger charge is -2.37. The molecule has 2 aliphatic heterocycles. The molecule has 2 atom stereocenters. The van der Waals surface area contributed by atoms with E-state index in [1.807, 2.05) is 17.9 Å². The van der Waals surface area contributed by atoms with Gasteiger partial charge in [-0.1, -0.05) is 0 Å². The van der Waals surface area contributed by atoms with Gasteiger partial charge in [-0.05, 0) is 25.8 Å². The topological polar surface area (TPSA) is 70.2 Å². The van der Waals surface area contributed by atoms with Crippen molar-refractivity contribution in [3.8, 4) is 0 Å². The summed E-state index contributed by atoms with van der Waals surface area (Å²) in [6, 6.07) is 1.84. The number of carbonyl (C=O) groups is 1. The number of H-pyrrole nitrogens is 1. The number of nitrogens with zero attached hydrogens (tertiary/aromatic N) is 2. The number of amides is 1. The van der Waals surface area contributed by atoms with Crippen LogP contribution in [0, 0.1) is 0 Å². The largest absolute Gasteiger partial charge is 0.375 e. The predicted octanol–water partition coefficient (Wildman–Crippen LogP) is 0.493. The maximum absolute atomic E-state index is 12.5. The molecule has 0 saturated carbocycles. The van der Waals surface area contributed by atoms with E-state index in [2.05, 4.69) is 15.5 Å². The Bertz CT molecular complexity index is 440. The molecule has 2 saturated heterocycles. The summed E-state index contributed by atoms with van der Waals surface area (Å²) < 4.78 is 5.56. The number of nitrogens with one attached hydrogen (secondary N) is 2. The van der Waals surface area contributed by atoms with Gasteiger partial charge in [0, 0.05) is 37.4 Å². The van der Waals surface area contributed by atoms with Crippen LogP contribution in [0.25, 0.3) is 0 Å². The first kappa shape index (κ1) is 13.6. The summed E-state index contributed by atoms with van der Waals surface area (Å²) in [5, 5.41) is 10.3. The van der Waals surface area contributed by atoms with E-state index in [4.69, 9.17) is 4.74 Å². The fourth-order valence-corrected chi connectivity index (χ4v) is 3.11. The standard InChI is InChI=1S/C14H22N4O2/c1-10-13(15-6-9-20-10)14(19)18-7-3-11(4-8-18)12-2-5-16-17-12/h2,5,10-11,13,15H,3-4,6-9H2,1H3,(H,16,17)/t10-,13+/m1/s1. The summed E-state index contributed by atoms with van der Waals surface area (Å²) in [4.78, 5) is 14.5. The highest BCUT2D eigenvalue weighted by molar-refractivity contribution is 5.82. The Balaban J connectivity index is 1.56. The fourth-order valence-electron chi connectivity index (χ4n) is 3.11. The molecule has 6 heteroatoms. The minimum absolute atomic E-state index is 0.0402. The van der Waals surface area contributed by atoms with Crippen molar-refractivity contribution in [2.45, 2.75) is 37.8 Å². The molecule has 3 heterocycles. The lowest BCUT2D eigenvalue weighted by atomic mass is 9.93. The lowest BCUT2D eigenvalue weighted by molar-refractivity contribution is -0.140. The summed E-state index contributed by atoms with van der Waals surface area (Å²) in [7, 11) is 0. The second kappa shape index (κ2) is 5.93. The van der Waals surface area contributed by atoms with Crippen molar-refractivity contribution in [3.63, 3.8) is 0 Å². The van der Waals surface area contributed by atoms with Crippen LogP contribution in [0.3, 0.4) is 0 Å². The molecule has 0 unspecified atom stereocenters. The van der Waals surface area contributed by atoms with E-state index in [1.165, 1.54) is 5.69 Å². The van der Waals surface area contributed by atoms with Crippen LogP contribution >= 0.6 is 0 Å². The number of likely N-dealkylation sites (tertiary alicyclic amines) is 1. The summed E-state index contributed by atoms with van der Waals surface area (Å²) in [6.07, 6.45) is 3.74. The van der Waals surface area contributed by atoms with Gasteiger partial charge in [0.05, 0.1) is 12.7 Å². The van der Waals surface area contributed by atoms with Crippen molar-refractivity contribution in [2.24, 2.45) is 0 Å². The van der Waals surface area contributed by atoms with Crippen LogP contribution in [0.4, 0.5) is 0 Å². The van der Waals surface area contributed by atoms with E-state index in [0.29, 0.717) is 12.5 Å². The first-order chi connectivity index (χ1) is 9.75.